The normalized spacial score (nSPS) is 12.4. The minimum Gasteiger partial charge on any atom is -0.480 e. The molecule has 1 aromatic rings. The number of carboxylic acid groups (broad SMARTS) is 1. The zero-order chi connectivity index (χ0) is 13.9. The average molecular weight is 290 g/mol. The van der Waals surface area contributed by atoms with E-state index in [9.17, 15) is 14.9 Å². The number of benzene rings is 1. The maximum Gasteiger partial charge on any atom is 0.317 e. The molecule has 0 saturated heterocycles. The van der Waals surface area contributed by atoms with Crippen LogP contribution in [0.2, 0.25) is 5.02 Å². The lowest BCUT2D eigenvalue weighted by atomic mass is 10.1. The highest BCUT2D eigenvalue weighted by molar-refractivity contribution is 8.00. The molecule has 1 rings (SSSR count). The van der Waals surface area contributed by atoms with Crippen LogP contribution in [0.1, 0.15) is 13.8 Å². The Morgan fingerprint density at radius 2 is 2.11 bits per heavy atom. The van der Waals surface area contributed by atoms with Gasteiger partial charge in [0.2, 0.25) is 0 Å². The number of nitro benzene ring substituents is 1. The third-order valence-electron chi connectivity index (χ3n) is 2.24. The minimum atomic E-state index is -0.996. The summed E-state index contributed by atoms with van der Waals surface area (Å²) < 4.78 is 0. The van der Waals surface area contributed by atoms with Gasteiger partial charge in [-0.05, 0) is 18.1 Å². The van der Waals surface area contributed by atoms with Gasteiger partial charge in [-0.3, -0.25) is 14.9 Å². The number of thioether (sulfide) groups is 1. The van der Waals surface area contributed by atoms with Crippen LogP contribution in [0.3, 0.4) is 0 Å². The molecule has 7 heteroatoms. The van der Waals surface area contributed by atoms with Crippen LogP contribution in [-0.2, 0) is 4.79 Å². The van der Waals surface area contributed by atoms with Crippen molar-refractivity contribution in [3.63, 3.8) is 0 Å². The lowest BCUT2D eigenvalue weighted by Crippen LogP contribution is -2.22. The summed E-state index contributed by atoms with van der Waals surface area (Å²) in [6, 6.07) is 4.48. The Morgan fingerprint density at radius 3 is 2.56 bits per heavy atom. The van der Waals surface area contributed by atoms with E-state index in [1.54, 1.807) is 19.9 Å². The Labute approximate surface area is 113 Å². The fraction of sp³-hybridized carbons (Fsp3) is 0.364. The Balaban J connectivity index is 3.14. The van der Waals surface area contributed by atoms with Crippen molar-refractivity contribution in [1.29, 1.82) is 0 Å². The molecule has 0 heterocycles. The molecule has 0 aliphatic rings. The second kappa shape index (κ2) is 6.06. The predicted octanol–water partition coefficient (Wildman–Crippen LogP) is 3.45. The SMILES string of the molecule is CC(C)C(Sc1cccc(Cl)c1[N+](=O)[O-])C(=O)O. The van der Waals surface area contributed by atoms with Crippen LogP contribution in [0, 0.1) is 16.0 Å². The van der Waals surface area contributed by atoms with E-state index in [1.165, 1.54) is 12.1 Å². The summed E-state index contributed by atoms with van der Waals surface area (Å²) in [5, 5.41) is 19.3. The minimum absolute atomic E-state index is 0.0119. The molecule has 5 nitrogen and oxygen atoms in total. The Hall–Kier alpha value is -1.27. The van der Waals surface area contributed by atoms with Crippen molar-refractivity contribution in [2.45, 2.75) is 24.0 Å². The number of rotatable bonds is 5. The first-order valence-electron chi connectivity index (χ1n) is 5.17. The zero-order valence-corrected chi connectivity index (χ0v) is 11.4. The molecule has 1 unspecified atom stereocenters. The Bertz CT molecular complexity index is 478. The van der Waals surface area contributed by atoms with Crippen molar-refractivity contribution in [1.82, 2.24) is 0 Å². The van der Waals surface area contributed by atoms with Gasteiger partial charge in [-0.2, -0.15) is 0 Å². The van der Waals surface area contributed by atoms with Gasteiger partial charge in [-0.25, -0.2) is 0 Å². The molecule has 0 amide bonds. The highest BCUT2D eigenvalue weighted by Gasteiger charge is 2.27. The second-order valence-corrected chi connectivity index (χ2v) is 5.55. The Kier molecular flexibility index (Phi) is 4.98. The Morgan fingerprint density at radius 1 is 1.50 bits per heavy atom. The molecule has 0 aliphatic carbocycles. The van der Waals surface area contributed by atoms with Crippen molar-refractivity contribution in [2.75, 3.05) is 0 Å². The van der Waals surface area contributed by atoms with Crippen LogP contribution in [0.4, 0.5) is 5.69 Å². The number of nitro groups is 1. The molecule has 0 saturated carbocycles. The first-order valence-corrected chi connectivity index (χ1v) is 6.42. The van der Waals surface area contributed by atoms with Crippen molar-refractivity contribution in [2.24, 2.45) is 5.92 Å². The molecular weight excluding hydrogens is 278 g/mol. The number of nitrogens with zero attached hydrogens (tertiary/aromatic N) is 1. The highest BCUT2D eigenvalue weighted by atomic mass is 35.5. The summed E-state index contributed by atoms with van der Waals surface area (Å²) in [6.07, 6.45) is 0. The van der Waals surface area contributed by atoms with Crippen LogP contribution in [0.25, 0.3) is 0 Å². The van der Waals surface area contributed by atoms with Crippen molar-refractivity contribution in [3.8, 4) is 0 Å². The fourth-order valence-corrected chi connectivity index (χ4v) is 2.78. The van der Waals surface area contributed by atoms with E-state index in [0.717, 1.165) is 11.8 Å². The zero-order valence-electron chi connectivity index (χ0n) is 9.79. The monoisotopic (exact) mass is 289 g/mol. The maximum atomic E-state index is 11.1. The number of hydrogen-bond donors (Lipinski definition) is 1. The smallest absolute Gasteiger partial charge is 0.317 e. The molecule has 1 aromatic carbocycles. The third kappa shape index (κ3) is 3.36. The van der Waals surface area contributed by atoms with E-state index in [-0.39, 0.29) is 21.5 Å². The van der Waals surface area contributed by atoms with Crippen LogP contribution in [0.5, 0.6) is 0 Å². The van der Waals surface area contributed by atoms with Crippen LogP contribution >= 0.6 is 23.4 Å². The van der Waals surface area contributed by atoms with Gasteiger partial charge >= 0.3 is 11.7 Å². The summed E-state index contributed by atoms with van der Waals surface area (Å²) in [6.45, 7) is 3.50. The first kappa shape index (κ1) is 14.8. The van der Waals surface area contributed by atoms with Crippen molar-refractivity contribution < 1.29 is 14.8 Å². The molecular formula is C11H12ClNO4S. The van der Waals surface area contributed by atoms with Gasteiger partial charge in [-0.1, -0.05) is 31.5 Å². The van der Waals surface area contributed by atoms with Crippen LogP contribution < -0.4 is 0 Å². The van der Waals surface area contributed by atoms with Gasteiger partial charge in [0.15, 0.2) is 0 Å². The molecule has 0 aromatic heterocycles. The molecule has 1 atom stereocenters. The predicted molar refractivity (Wildman–Crippen MR) is 70.2 cm³/mol. The van der Waals surface area contributed by atoms with E-state index in [2.05, 4.69) is 0 Å². The maximum absolute atomic E-state index is 11.1. The number of carbonyl (C=O) groups is 1. The number of aliphatic carboxylic acids is 1. The second-order valence-electron chi connectivity index (χ2n) is 3.96. The largest absolute Gasteiger partial charge is 0.480 e. The molecule has 0 bridgehead atoms. The lowest BCUT2D eigenvalue weighted by molar-refractivity contribution is -0.387. The van der Waals surface area contributed by atoms with E-state index >= 15 is 0 Å². The molecule has 98 valence electrons. The average Bonchev–Trinajstić information content (AvgIpc) is 2.24. The summed E-state index contributed by atoms with van der Waals surface area (Å²) in [5.74, 6) is -1.14. The number of hydrogen-bond acceptors (Lipinski definition) is 4. The van der Waals surface area contributed by atoms with Gasteiger partial charge < -0.3 is 5.11 Å². The van der Waals surface area contributed by atoms with E-state index < -0.39 is 16.1 Å². The summed E-state index contributed by atoms with van der Waals surface area (Å²) >= 11 is 6.71. The topological polar surface area (TPSA) is 80.4 Å². The first-order chi connectivity index (χ1) is 8.34. The fourth-order valence-electron chi connectivity index (χ4n) is 1.38. The standard InChI is InChI=1S/C11H12ClNO4S/c1-6(2)10(11(14)15)18-8-5-3-4-7(12)9(8)13(16)17/h3-6,10H,1-2H3,(H,14,15). The van der Waals surface area contributed by atoms with Gasteiger partial charge in [0, 0.05) is 0 Å². The van der Waals surface area contributed by atoms with Crippen molar-refractivity contribution in [3.05, 3.63) is 33.3 Å². The van der Waals surface area contributed by atoms with Crippen molar-refractivity contribution >= 4 is 35.0 Å². The highest BCUT2D eigenvalue weighted by Crippen LogP contribution is 2.38. The van der Waals surface area contributed by atoms with Gasteiger partial charge in [0.1, 0.15) is 10.3 Å². The summed E-state index contributed by atoms with van der Waals surface area (Å²) in [5.41, 5.74) is -0.240. The molecule has 1 N–H and O–H groups in total. The summed E-state index contributed by atoms with van der Waals surface area (Å²) in [7, 11) is 0. The van der Waals surface area contributed by atoms with Gasteiger partial charge in [0.25, 0.3) is 0 Å². The van der Waals surface area contributed by atoms with Gasteiger partial charge in [0.05, 0.1) is 9.82 Å². The number of para-hydroxylation sites is 1. The molecule has 0 aliphatic heterocycles. The quantitative estimate of drug-likeness (QED) is 0.510. The number of carboxylic acids is 1. The molecule has 0 fully saturated rings. The van der Waals surface area contributed by atoms with Crippen LogP contribution in [-0.4, -0.2) is 21.2 Å². The lowest BCUT2D eigenvalue weighted by Gasteiger charge is -2.15. The van der Waals surface area contributed by atoms with E-state index in [4.69, 9.17) is 16.7 Å². The van der Waals surface area contributed by atoms with Gasteiger partial charge in [-0.15, -0.1) is 11.8 Å². The van der Waals surface area contributed by atoms with E-state index in [1.807, 2.05) is 0 Å². The van der Waals surface area contributed by atoms with Crippen LogP contribution in [0.15, 0.2) is 23.1 Å². The summed E-state index contributed by atoms with van der Waals surface area (Å²) in [4.78, 5) is 21.7. The molecule has 18 heavy (non-hydrogen) atoms. The number of halogens is 1. The molecule has 0 spiro atoms. The van der Waals surface area contributed by atoms with E-state index in [0.29, 0.717) is 0 Å². The third-order valence-corrected chi connectivity index (χ3v) is 4.12. The molecule has 0 radical (unpaired) electrons.